The molecule has 0 aliphatic carbocycles. The Kier molecular flexibility index (Phi) is 5.38. The topological polar surface area (TPSA) is 43.4 Å². The zero-order chi connectivity index (χ0) is 14.2. The summed E-state index contributed by atoms with van der Waals surface area (Å²) in [5.74, 6) is 0.851. The van der Waals surface area contributed by atoms with Gasteiger partial charge in [-0.1, -0.05) is 0 Å². The average molecular weight is 272 g/mol. The number of pyridine rings is 1. The summed E-state index contributed by atoms with van der Waals surface area (Å²) in [7, 11) is 1.66. The van der Waals surface area contributed by atoms with Crippen molar-refractivity contribution < 1.29 is 9.47 Å². The van der Waals surface area contributed by atoms with Crippen molar-refractivity contribution in [3.63, 3.8) is 0 Å². The highest BCUT2D eigenvalue weighted by Gasteiger charge is 2.04. The van der Waals surface area contributed by atoms with Gasteiger partial charge in [0.25, 0.3) is 0 Å². The second kappa shape index (κ2) is 7.50. The molecule has 1 unspecified atom stereocenters. The molecule has 0 amide bonds. The van der Waals surface area contributed by atoms with Gasteiger partial charge in [-0.3, -0.25) is 4.98 Å². The lowest BCUT2D eigenvalue weighted by molar-refractivity contribution is 0.146. The average Bonchev–Trinajstić information content (AvgIpc) is 2.50. The van der Waals surface area contributed by atoms with Crippen LogP contribution in [0.3, 0.4) is 0 Å². The van der Waals surface area contributed by atoms with E-state index in [1.54, 1.807) is 19.5 Å². The fourth-order valence-electron chi connectivity index (χ4n) is 1.88. The van der Waals surface area contributed by atoms with Gasteiger partial charge in [-0.2, -0.15) is 0 Å². The summed E-state index contributed by atoms with van der Waals surface area (Å²) in [6.45, 7) is 3.29. The van der Waals surface area contributed by atoms with Crippen molar-refractivity contribution in [3.8, 4) is 5.75 Å². The molecular formula is C16H20N2O2. The van der Waals surface area contributed by atoms with E-state index < -0.39 is 0 Å². The fourth-order valence-corrected chi connectivity index (χ4v) is 1.88. The summed E-state index contributed by atoms with van der Waals surface area (Å²) >= 11 is 0. The van der Waals surface area contributed by atoms with Crippen LogP contribution in [0, 0.1) is 0 Å². The van der Waals surface area contributed by atoms with Crippen molar-refractivity contribution in [2.75, 3.05) is 25.6 Å². The molecule has 0 aliphatic heterocycles. The molecule has 0 bridgehead atoms. The van der Waals surface area contributed by atoms with Gasteiger partial charge in [0.05, 0.1) is 6.61 Å². The molecule has 2 aromatic rings. The van der Waals surface area contributed by atoms with Gasteiger partial charge in [0.1, 0.15) is 12.4 Å². The Hall–Kier alpha value is -2.07. The highest BCUT2D eigenvalue weighted by molar-refractivity contribution is 5.48. The lowest BCUT2D eigenvalue weighted by Crippen LogP contribution is -2.07. The first-order chi connectivity index (χ1) is 9.79. The van der Waals surface area contributed by atoms with Crippen molar-refractivity contribution in [2.24, 2.45) is 0 Å². The van der Waals surface area contributed by atoms with Crippen LogP contribution < -0.4 is 10.1 Å². The molecule has 4 nitrogen and oxygen atoms in total. The van der Waals surface area contributed by atoms with Crippen molar-refractivity contribution in [1.29, 1.82) is 0 Å². The number of hydrogen-bond donors (Lipinski definition) is 1. The Labute approximate surface area is 119 Å². The van der Waals surface area contributed by atoms with E-state index in [0.717, 1.165) is 11.4 Å². The summed E-state index contributed by atoms with van der Waals surface area (Å²) in [6.07, 6.45) is 3.61. The molecule has 0 aliphatic rings. The number of methoxy groups -OCH3 is 1. The molecule has 0 saturated heterocycles. The maximum absolute atomic E-state index is 5.53. The molecule has 20 heavy (non-hydrogen) atoms. The SMILES string of the molecule is COCCOc1ccc(NC(C)c2ccncc2)cc1. The lowest BCUT2D eigenvalue weighted by Gasteiger charge is -2.15. The lowest BCUT2D eigenvalue weighted by atomic mass is 10.1. The molecule has 1 atom stereocenters. The monoisotopic (exact) mass is 272 g/mol. The molecule has 1 aromatic carbocycles. The standard InChI is InChI=1S/C16H20N2O2/c1-13(14-7-9-17-10-8-14)18-15-3-5-16(6-4-15)20-12-11-19-2/h3-10,13,18H,11-12H2,1-2H3. The minimum Gasteiger partial charge on any atom is -0.491 e. The van der Waals surface area contributed by atoms with Crippen LogP contribution in [0.1, 0.15) is 18.5 Å². The van der Waals surface area contributed by atoms with E-state index in [2.05, 4.69) is 17.2 Å². The molecule has 0 saturated carbocycles. The number of aromatic nitrogens is 1. The van der Waals surface area contributed by atoms with Gasteiger partial charge in [0, 0.05) is 31.2 Å². The summed E-state index contributed by atoms with van der Waals surface area (Å²) in [4.78, 5) is 4.03. The Balaban J connectivity index is 1.90. The number of nitrogens with zero attached hydrogens (tertiary/aromatic N) is 1. The first-order valence-corrected chi connectivity index (χ1v) is 6.68. The molecule has 106 valence electrons. The number of rotatable bonds is 7. The van der Waals surface area contributed by atoms with Gasteiger partial charge < -0.3 is 14.8 Å². The maximum Gasteiger partial charge on any atom is 0.119 e. The summed E-state index contributed by atoms with van der Waals surface area (Å²) in [5, 5.41) is 3.44. The van der Waals surface area contributed by atoms with Crippen LogP contribution in [0.15, 0.2) is 48.8 Å². The third-order valence-corrected chi connectivity index (χ3v) is 3.00. The first-order valence-electron chi connectivity index (χ1n) is 6.68. The molecule has 0 fully saturated rings. The fraction of sp³-hybridized carbons (Fsp3) is 0.312. The Morgan fingerprint density at radius 2 is 1.75 bits per heavy atom. The van der Waals surface area contributed by atoms with Gasteiger partial charge in [-0.15, -0.1) is 0 Å². The number of ether oxygens (including phenoxy) is 2. The molecule has 4 heteroatoms. The molecule has 1 aromatic heterocycles. The van der Waals surface area contributed by atoms with E-state index in [1.165, 1.54) is 5.56 Å². The highest BCUT2D eigenvalue weighted by atomic mass is 16.5. The van der Waals surface area contributed by atoms with Crippen LogP contribution in [0.25, 0.3) is 0 Å². The smallest absolute Gasteiger partial charge is 0.119 e. The number of anilines is 1. The van der Waals surface area contributed by atoms with Gasteiger partial charge >= 0.3 is 0 Å². The quantitative estimate of drug-likeness (QED) is 0.786. The van der Waals surface area contributed by atoms with Gasteiger partial charge in [0.15, 0.2) is 0 Å². The predicted molar refractivity (Wildman–Crippen MR) is 80.1 cm³/mol. The Morgan fingerprint density at radius 3 is 2.40 bits per heavy atom. The number of hydrogen-bond acceptors (Lipinski definition) is 4. The minimum absolute atomic E-state index is 0.234. The molecule has 2 rings (SSSR count). The van der Waals surface area contributed by atoms with Gasteiger partial charge in [-0.25, -0.2) is 0 Å². The van der Waals surface area contributed by atoms with Gasteiger partial charge in [-0.05, 0) is 48.9 Å². The Morgan fingerprint density at radius 1 is 1.05 bits per heavy atom. The second-order valence-electron chi connectivity index (χ2n) is 4.51. The third-order valence-electron chi connectivity index (χ3n) is 3.00. The zero-order valence-electron chi connectivity index (χ0n) is 11.9. The van der Waals surface area contributed by atoms with E-state index in [1.807, 2.05) is 36.4 Å². The second-order valence-corrected chi connectivity index (χ2v) is 4.51. The summed E-state index contributed by atoms with van der Waals surface area (Å²) in [6, 6.07) is 12.2. The van der Waals surface area contributed by atoms with E-state index in [-0.39, 0.29) is 6.04 Å². The molecule has 1 N–H and O–H groups in total. The van der Waals surface area contributed by atoms with E-state index in [4.69, 9.17) is 9.47 Å². The van der Waals surface area contributed by atoms with Gasteiger partial charge in [0.2, 0.25) is 0 Å². The molecule has 0 spiro atoms. The third kappa shape index (κ3) is 4.24. The van der Waals surface area contributed by atoms with Crippen molar-refractivity contribution in [1.82, 2.24) is 4.98 Å². The predicted octanol–water partition coefficient (Wildman–Crippen LogP) is 3.28. The van der Waals surface area contributed by atoms with Crippen molar-refractivity contribution in [2.45, 2.75) is 13.0 Å². The van der Waals surface area contributed by atoms with Crippen molar-refractivity contribution >= 4 is 5.69 Å². The first kappa shape index (κ1) is 14.3. The van der Waals surface area contributed by atoms with Crippen LogP contribution in [0.5, 0.6) is 5.75 Å². The minimum atomic E-state index is 0.234. The van der Waals surface area contributed by atoms with Crippen LogP contribution >= 0.6 is 0 Å². The Bertz CT molecular complexity index is 500. The number of nitrogens with one attached hydrogen (secondary N) is 1. The van der Waals surface area contributed by atoms with Crippen LogP contribution in [-0.4, -0.2) is 25.3 Å². The maximum atomic E-state index is 5.53. The normalized spacial score (nSPS) is 11.9. The molecule has 1 heterocycles. The highest BCUT2D eigenvalue weighted by Crippen LogP contribution is 2.21. The van der Waals surface area contributed by atoms with E-state index >= 15 is 0 Å². The largest absolute Gasteiger partial charge is 0.491 e. The van der Waals surface area contributed by atoms with Crippen LogP contribution in [-0.2, 0) is 4.74 Å². The zero-order valence-corrected chi connectivity index (χ0v) is 11.9. The molecular weight excluding hydrogens is 252 g/mol. The molecule has 0 radical (unpaired) electrons. The summed E-state index contributed by atoms with van der Waals surface area (Å²) < 4.78 is 10.5. The van der Waals surface area contributed by atoms with E-state index in [9.17, 15) is 0 Å². The summed E-state index contributed by atoms with van der Waals surface area (Å²) in [5.41, 5.74) is 2.27. The van der Waals surface area contributed by atoms with Crippen molar-refractivity contribution in [3.05, 3.63) is 54.4 Å². The van der Waals surface area contributed by atoms with E-state index in [0.29, 0.717) is 13.2 Å². The van der Waals surface area contributed by atoms with Crippen LogP contribution in [0.2, 0.25) is 0 Å². The number of benzene rings is 1. The van der Waals surface area contributed by atoms with Crippen LogP contribution in [0.4, 0.5) is 5.69 Å².